The van der Waals surface area contributed by atoms with Crippen LogP contribution in [0.5, 0.6) is 11.5 Å². The largest absolute Gasteiger partial charge is 0.508 e. The van der Waals surface area contributed by atoms with Gasteiger partial charge in [-0.1, -0.05) is 20.8 Å². The van der Waals surface area contributed by atoms with Gasteiger partial charge in [-0.05, 0) is 37.0 Å². The highest BCUT2D eigenvalue weighted by Gasteiger charge is 2.45. The normalized spacial score (nSPS) is 28.6. The summed E-state index contributed by atoms with van der Waals surface area (Å²) in [5, 5.41) is 48.9. The Bertz CT molecular complexity index is 698. The highest BCUT2D eigenvalue weighted by atomic mass is 16.7. The van der Waals surface area contributed by atoms with Gasteiger partial charge in [0, 0.05) is 0 Å². The van der Waals surface area contributed by atoms with Crippen LogP contribution in [0.25, 0.3) is 0 Å². The standard InChI is InChI=1S/C20H30O9/c1-10(8-20(2,3)4)27-18(26)12-7-11(22)5-6-13(12)28-19-17(25)16(24)15(23)14(9-21)29-19/h5-7,10,14-17,19,21-25H,8-9H2,1-4H3/t10?,14-,15-,16+,17-,19-/m1/s1. The van der Waals surface area contributed by atoms with E-state index >= 15 is 0 Å². The third kappa shape index (κ3) is 6.03. The molecule has 29 heavy (non-hydrogen) atoms. The fourth-order valence-electron chi connectivity index (χ4n) is 3.22. The van der Waals surface area contributed by atoms with Crippen LogP contribution < -0.4 is 4.74 Å². The van der Waals surface area contributed by atoms with Crippen molar-refractivity contribution < 1.29 is 44.5 Å². The van der Waals surface area contributed by atoms with E-state index in [2.05, 4.69) is 0 Å². The minimum absolute atomic E-state index is 0.0555. The van der Waals surface area contributed by atoms with E-state index in [1.54, 1.807) is 6.92 Å². The topological polar surface area (TPSA) is 146 Å². The van der Waals surface area contributed by atoms with Gasteiger partial charge in [0.1, 0.15) is 41.5 Å². The summed E-state index contributed by atoms with van der Waals surface area (Å²) in [6.45, 7) is 7.18. The predicted octanol–water partition coefficient (Wildman–Crippen LogP) is 0.552. The summed E-state index contributed by atoms with van der Waals surface area (Å²) in [6.07, 6.45) is -7.19. The molecule has 0 aromatic heterocycles. The number of rotatable bonds is 6. The van der Waals surface area contributed by atoms with E-state index in [0.29, 0.717) is 6.42 Å². The molecule has 0 bridgehead atoms. The predicted molar refractivity (Wildman–Crippen MR) is 101 cm³/mol. The number of esters is 1. The SMILES string of the molecule is CC(CC(C)(C)C)OC(=O)c1cc(O)ccc1O[C@@H]1O[C@H](CO)[C@@H](O)[C@H](O)[C@H]1O. The molecule has 0 radical (unpaired) electrons. The number of phenols is 1. The van der Waals surface area contributed by atoms with Crippen molar-refractivity contribution in [3.8, 4) is 11.5 Å². The fraction of sp³-hybridized carbons (Fsp3) is 0.650. The summed E-state index contributed by atoms with van der Waals surface area (Å²) < 4.78 is 16.3. The molecule has 0 saturated carbocycles. The molecule has 0 spiro atoms. The molecule has 1 aromatic rings. The summed E-state index contributed by atoms with van der Waals surface area (Å²) in [6, 6.07) is 3.72. The number of ether oxygens (including phenoxy) is 3. The Hall–Kier alpha value is -1.91. The van der Waals surface area contributed by atoms with Gasteiger partial charge in [0.15, 0.2) is 0 Å². The first-order valence-electron chi connectivity index (χ1n) is 9.44. The van der Waals surface area contributed by atoms with Gasteiger partial charge in [0.25, 0.3) is 0 Å². The van der Waals surface area contributed by atoms with E-state index < -0.39 is 49.4 Å². The number of phenolic OH excluding ortho intramolecular Hbond substituents is 1. The molecule has 1 aliphatic heterocycles. The van der Waals surface area contributed by atoms with Gasteiger partial charge < -0.3 is 39.7 Å². The number of aromatic hydroxyl groups is 1. The van der Waals surface area contributed by atoms with Crippen molar-refractivity contribution in [2.45, 2.75) is 70.9 Å². The third-order valence-electron chi connectivity index (χ3n) is 4.48. The molecule has 164 valence electrons. The summed E-state index contributed by atoms with van der Waals surface area (Å²) in [5.41, 5.74) is -0.156. The number of hydrogen-bond acceptors (Lipinski definition) is 9. The Morgan fingerprint density at radius 1 is 1.17 bits per heavy atom. The molecule has 5 N–H and O–H groups in total. The van der Waals surface area contributed by atoms with Crippen molar-refractivity contribution >= 4 is 5.97 Å². The second kappa shape index (κ2) is 9.27. The number of benzene rings is 1. The van der Waals surface area contributed by atoms with E-state index in [9.17, 15) is 30.3 Å². The highest BCUT2D eigenvalue weighted by molar-refractivity contribution is 5.93. The smallest absolute Gasteiger partial charge is 0.342 e. The maximum atomic E-state index is 12.6. The van der Waals surface area contributed by atoms with Crippen molar-refractivity contribution in [1.82, 2.24) is 0 Å². The minimum atomic E-state index is -1.63. The Balaban J connectivity index is 2.20. The van der Waals surface area contributed by atoms with Crippen molar-refractivity contribution in [3.05, 3.63) is 23.8 Å². The Kier molecular flexibility index (Phi) is 7.47. The zero-order valence-corrected chi connectivity index (χ0v) is 17.0. The van der Waals surface area contributed by atoms with E-state index in [-0.39, 0.29) is 22.5 Å². The molecule has 1 fully saturated rings. The van der Waals surface area contributed by atoms with Crippen LogP contribution in [0, 0.1) is 5.41 Å². The average molecular weight is 414 g/mol. The maximum Gasteiger partial charge on any atom is 0.342 e. The van der Waals surface area contributed by atoms with Crippen molar-refractivity contribution in [1.29, 1.82) is 0 Å². The monoisotopic (exact) mass is 414 g/mol. The zero-order valence-electron chi connectivity index (χ0n) is 17.0. The molecule has 9 nitrogen and oxygen atoms in total. The fourth-order valence-corrected chi connectivity index (χ4v) is 3.22. The second-order valence-electron chi connectivity index (χ2n) is 8.48. The zero-order chi connectivity index (χ0) is 21.9. The molecule has 6 atom stereocenters. The molecule has 1 heterocycles. The Morgan fingerprint density at radius 3 is 2.41 bits per heavy atom. The van der Waals surface area contributed by atoms with Gasteiger partial charge in [-0.15, -0.1) is 0 Å². The number of aliphatic hydroxyl groups is 4. The van der Waals surface area contributed by atoms with Crippen LogP contribution in [0.1, 0.15) is 44.5 Å². The first-order valence-corrected chi connectivity index (χ1v) is 9.44. The molecule has 0 aliphatic carbocycles. The molecule has 9 heteroatoms. The minimum Gasteiger partial charge on any atom is -0.508 e. The van der Waals surface area contributed by atoms with Gasteiger partial charge in [0.05, 0.1) is 12.7 Å². The van der Waals surface area contributed by atoms with Gasteiger partial charge in [-0.25, -0.2) is 4.79 Å². The van der Waals surface area contributed by atoms with E-state index in [1.807, 2.05) is 20.8 Å². The van der Waals surface area contributed by atoms with Crippen LogP contribution in [0.3, 0.4) is 0 Å². The van der Waals surface area contributed by atoms with Gasteiger partial charge >= 0.3 is 5.97 Å². The van der Waals surface area contributed by atoms with Crippen molar-refractivity contribution in [3.63, 3.8) is 0 Å². The summed E-state index contributed by atoms with van der Waals surface area (Å²) in [4.78, 5) is 12.6. The van der Waals surface area contributed by atoms with Gasteiger partial charge in [-0.2, -0.15) is 0 Å². The highest BCUT2D eigenvalue weighted by Crippen LogP contribution is 2.30. The number of carbonyl (C=O) groups is 1. The summed E-state index contributed by atoms with van der Waals surface area (Å²) in [5.74, 6) is -0.987. The molecule has 1 unspecified atom stereocenters. The van der Waals surface area contributed by atoms with Crippen LogP contribution in [0.2, 0.25) is 0 Å². The van der Waals surface area contributed by atoms with Gasteiger partial charge in [-0.3, -0.25) is 0 Å². The van der Waals surface area contributed by atoms with Crippen molar-refractivity contribution in [2.75, 3.05) is 6.61 Å². The summed E-state index contributed by atoms with van der Waals surface area (Å²) >= 11 is 0. The van der Waals surface area contributed by atoms with E-state index in [0.717, 1.165) is 6.07 Å². The van der Waals surface area contributed by atoms with E-state index in [1.165, 1.54) is 12.1 Å². The van der Waals surface area contributed by atoms with Crippen LogP contribution in [0.4, 0.5) is 0 Å². The summed E-state index contributed by atoms with van der Waals surface area (Å²) in [7, 11) is 0. The Morgan fingerprint density at radius 2 is 1.83 bits per heavy atom. The number of hydrogen-bond donors (Lipinski definition) is 5. The van der Waals surface area contributed by atoms with E-state index in [4.69, 9.17) is 14.2 Å². The molecule has 0 amide bonds. The second-order valence-corrected chi connectivity index (χ2v) is 8.48. The lowest BCUT2D eigenvalue weighted by Gasteiger charge is -2.39. The molecule has 1 aromatic carbocycles. The molecular weight excluding hydrogens is 384 g/mol. The first-order chi connectivity index (χ1) is 13.4. The van der Waals surface area contributed by atoms with Crippen LogP contribution in [-0.4, -0.2) is 74.9 Å². The Labute approximate surface area is 169 Å². The van der Waals surface area contributed by atoms with Crippen LogP contribution in [0.15, 0.2) is 18.2 Å². The third-order valence-corrected chi connectivity index (χ3v) is 4.48. The van der Waals surface area contributed by atoms with Gasteiger partial charge in [0.2, 0.25) is 6.29 Å². The number of carbonyl (C=O) groups excluding carboxylic acids is 1. The molecule has 2 rings (SSSR count). The molecule has 1 aliphatic rings. The quantitative estimate of drug-likeness (QED) is 0.421. The lowest BCUT2D eigenvalue weighted by Crippen LogP contribution is -2.60. The van der Waals surface area contributed by atoms with Crippen LogP contribution >= 0.6 is 0 Å². The maximum absolute atomic E-state index is 12.6. The lowest BCUT2D eigenvalue weighted by atomic mass is 9.90. The van der Waals surface area contributed by atoms with Crippen LogP contribution in [-0.2, 0) is 9.47 Å². The average Bonchev–Trinajstić information content (AvgIpc) is 2.61. The molecule has 1 saturated heterocycles. The van der Waals surface area contributed by atoms with Crippen molar-refractivity contribution in [2.24, 2.45) is 5.41 Å². The lowest BCUT2D eigenvalue weighted by molar-refractivity contribution is -0.277. The first kappa shape index (κ1) is 23.4. The number of aliphatic hydroxyl groups excluding tert-OH is 4. The molecular formula is C20H30O9.